The predicted molar refractivity (Wildman–Crippen MR) is 132 cm³/mol. The van der Waals surface area contributed by atoms with Gasteiger partial charge in [0.05, 0.1) is 13.7 Å². The van der Waals surface area contributed by atoms with Crippen LogP contribution in [0.25, 0.3) is 0 Å². The second-order valence-corrected chi connectivity index (χ2v) is 9.75. The highest BCUT2D eigenvalue weighted by atomic mass is 16.5. The molecule has 0 aromatic heterocycles. The zero-order valence-electron chi connectivity index (χ0n) is 21.0. The number of aryl methyl sites for hydroxylation is 2. The van der Waals surface area contributed by atoms with Crippen LogP contribution in [0.3, 0.4) is 0 Å². The number of benzene rings is 2. The Hall–Kier alpha value is -2.86. The summed E-state index contributed by atoms with van der Waals surface area (Å²) in [5.74, 6) is 2.26. The van der Waals surface area contributed by atoms with Crippen molar-refractivity contribution in [3.8, 4) is 11.5 Å². The van der Waals surface area contributed by atoms with Crippen LogP contribution in [0.15, 0.2) is 48.5 Å². The summed E-state index contributed by atoms with van der Waals surface area (Å²) in [6.07, 6.45) is 2.49. The van der Waals surface area contributed by atoms with Crippen molar-refractivity contribution in [3.05, 3.63) is 59.7 Å². The van der Waals surface area contributed by atoms with Gasteiger partial charge in [-0.05, 0) is 69.2 Å². The molecule has 2 aromatic rings. The van der Waals surface area contributed by atoms with Gasteiger partial charge < -0.3 is 14.2 Å². The van der Waals surface area contributed by atoms with Crippen LogP contribution in [0.4, 0.5) is 0 Å². The van der Waals surface area contributed by atoms with Crippen molar-refractivity contribution in [2.24, 2.45) is 11.3 Å². The number of fused-ring (bicyclic) bond motifs is 1. The van der Waals surface area contributed by atoms with Crippen LogP contribution in [0.5, 0.6) is 11.5 Å². The molecule has 3 unspecified atom stereocenters. The number of hydrogen-bond donors (Lipinski definition) is 0. The van der Waals surface area contributed by atoms with Crippen molar-refractivity contribution in [3.63, 3.8) is 0 Å². The van der Waals surface area contributed by atoms with Crippen LogP contribution in [0.2, 0.25) is 0 Å². The van der Waals surface area contributed by atoms with E-state index in [9.17, 15) is 9.59 Å². The minimum absolute atomic E-state index is 0.0376. The van der Waals surface area contributed by atoms with E-state index in [0.29, 0.717) is 24.6 Å². The average molecular weight is 468 g/mol. The quantitative estimate of drug-likeness (QED) is 0.476. The largest absolute Gasteiger partial charge is 0.492 e. The van der Waals surface area contributed by atoms with Gasteiger partial charge in [-0.1, -0.05) is 42.3 Å². The molecular formula is C28H37NO5. The van der Waals surface area contributed by atoms with Crippen molar-refractivity contribution in [1.82, 2.24) is 4.90 Å². The minimum atomic E-state index is -0.162. The van der Waals surface area contributed by atoms with Gasteiger partial charge in [-0.3, -0.25) is 14.5 Å². The fourth-order valence-corrected chi connectivity index (χ4v) is 4.45. The summed E-state index contributed by atoms with van der Waals surface area (Å²) in [6, 6.07) is 16.2. The summed E-state index contributed by atoms with van der Waals surface area (Å²) in [7, 11) is 1.45. The van der Waals surface area contributed by atoms with E-state index in [-0.39, 0.29) is 18.4 Å². The Balaban J connectivity index is 0.000000229. The van der Waals surface area contributed by atoms with Crippen LogP contribution in [0.1, 0.15) is 37.8 Å². The van der Waals surface area contributed by atoms with Crippen molar-refractivity contribution >= 4 is 11.8 Å². The number of ketones is 1. The molecule has 0 aliphatic heterocycles. The minimum Gasteiger partial charge on any atom is -0.492 e. The standard InChI is InChI=1S/C18H25NO3.C10H12O2/c1-13-4-6-14(7-5-13)22-9-8-19(12-17(20)21-3)16-11-18(2)10-15(16)18;1-8-3-5-10(6-4-8)12-7-9(2)11/h4-7,15-16H,8-12H2,1-3H3;3-6H,7H2,1-2H3. The first kappa shape index (κ1) is 25.8. The Morgan fingerprint density at radius 1 is 0.941 bits per heavy atom. The average Bonchev–Trinajstić information content (AvgIpc) is 3.35. The molecule has 2 aliphatic rings. The summed E-state index contributed by atoms with van der Waals surface area (Å²) >= 11 is 0. The summed E-state index contributed by atoms with van der Waals surface area (Å²) in [4.78, 5) is 24.4. The van der Waals surface area contributed by atoms with Gasteiger partial charge in [0.1, 0.15) is 24.7 Å². The highest BCUT2D eigenvalue weighted by Gasteiger charge is 2.65. The van der Waals surface area contributed by atoms with Gasteiger partial charge in [0.15, 0.2) is 5.78 Å². The summed E-state index contributed by atoms with van der Waals surface area (Å²) in [5.41, 5.74) is 2.96. The first-order valence-electron chi connectivity index (χ1n) is 11.9. The smallest absolute Gasteiger partial charge is 0.319 e. The third-order valence-electron chi connectivity index (χ3n) is 6.72. The zero-order valence-corrected chi connectivity index (χ0v) is 21.0. The molecule has 2 aliphatic carbocycles. The Labute approximate surface area is 203 Å². The first-order valence-corrected chi connectivity index (χ1v) is 11.9. The first-order chi connectivity index (χ1) is 16.2. The molecule has 3 atom stereocenters. The van der Waals surface area contributed by atoms with Crippen LogP contribution in [-0.2, 0) is 14.3 Å². The molecule has 184 valence electrons. The van der Waals surface area contributed by atoms with Gasteiger partial charge in [-0.15, -0.1) is 0 Å². The highest BCUT2D eigenvalue weighted by molar-refractivity contribution is 5.77. The third-order valence-corrected chi connectivity index (χ3v) is 6.72. The number of esters is 1. The predicted octanol–water partition coefficient (Wildman–Crippen LogP) is 4.61. The molecule has 2 aromatic carbocycles. The van der Waals surface area contributed by atoms with E-state index < -0.39 is 0 Å². The number of Topliss-reactive ketones (excluding diaryl/α,β-unsaturated/α-hetero) is 1. The van der Waals surface area contributed by atoms with E-state index in [1.54, 1.807) is 0 Å². The van der Waals surface area contributed by atoms with E-state index in [1.165, 1.54) is 38.0 Å². The van der Waals surface area contributed by atoms with Gasteiger partial charge in [0, 0.05) is 12.6 Å². The Kier molecular flexibility index (Phi) is 8.72. The second-order valence-electron chi connectivity index (χ2n) is 9.75. The lowest BCUT2D eigenvalue weighted by Crippen LogP contribution is -2.49. The molecule has 2 fully saturated rings. The lowest BCUT2D eigenvalue weighted by Gasteiger charge is -2.40. The molecule has 2 saturated carbocycles. The van der Waals surface area contributed by atoms with Crippen LogP contribution in [-0.4, -0.2) is 56.1 Å². The van der Waals surface area contributed by atoms with Crippen LogP contribution in [0, 0.1) is 25.2 Å². The number of nitrogens with zero attached hydrogens (tertiary/aromatic N) is 1. The summed E-state index contributed by atoms with van der Waals surface area (Å²) in [5, 5.41) is 0. The normalized spacial score (nSPS) is 21.9. The maximum Gasteiger partial charge on any atom is 0.319 e. The maximum absolute atomic E-state index is 11.6. The van der Waals surface area contributed by atoms with E-state index in [4.69, 9.17) is 14.2 Å². The lowest BCUT2D eigenvalue weighted by molar-refractivity contribution is -0.143. The van der Waals surface area contributed by atoms with E-state index in [2.05, 4.69) is 18.7 Å². The molecule has 0 N–H and O–H groups in total. The lowest BCUT2D eigenvalue weighted by atomic mass is 9.80. The molecule has 0 heterocycles. The van der Waals surface area contributed by atoms with Crippen molar-refractivity contribution in [2.75, 3.05) is 33.4 Å². The Bertz CT molecular complexity index is 956. The molecule has 34 heavy (non-hydrogen) atoms. The molecule has 0 amide bonds. The fourth-order valence-electron chi connectivity index (χ4n) is 4.45. The Morgan fingerprint density at radius 2 is 1.50 bits per heavy atom. The molecule has 4 rings (SSSR count). The molecule has 6 heteroatoms. The summed E-state index contributed by atoms with van der Waals surface area (Å²) < 4.78 is 15.8. The second kappa shape index (κ2) is 11.5. The number of methoxy groups -OCH3 is 1. The fraction of sp³-hybridized carbons (Fsp3) is 0.500. The number of rotatable bonds is 10. The number of ether oxygens (including phenoxy) is 3. The van der Waals surface area contributed by atoms with Gasteiger partial charge in [-0.2, -0.15) is 0 Å². The van der Waals surface area contributed by atoms with Gasteiger partial charge in [0.2, 0.25) is 0 Å². The van der Waals surface area contributed by atoms with Gasteiger partial charge in [0.25, 0.3) is 0 Å². The van der Waals surface area contributed by atoms with E-state index in [1.807, 2.05) is 55.5 Å². The summed E-state index contributed by atoms with van der Waals surface area (Å²) in [6.45, 7) is 9.80. The van der Waals surface area contributed by atoms with Gasteiger partial charge in [-0.25, -0.2) is 0 Å². The monoisotopic (exact) mass is 467 g/mol. The van der Waals surface area contributed by atoms with Crippen molar-refractivity contribution in [1.29, 1.82) is 0 Å². The third kappa shape index (κ3) is 7.32. The number of carbonyl (C=O) groups is 2. The van der Waals surface area contributed by atoms with E-state index in [0.717, 1.165) is 24.0 Å². The molecule has 0 radical (unpaired) electrons. The maximum atomic E-state index is 11.6. The Morgan fingerprint density at radius 3 is 1.94 bits per heavy atom. The van der Waals surface area contributed by atoms with Gasteiger partial charge >= 0.3 is 5.97 Å². The van der Waals surface area contributed by atoms with Crippen LogP contribution >= 0.6 is 0 Å². The number of hydrogen-bond acceptors (Lipinski definition) is 6. The van der Waals surface area contributed by atoms with Crippen LogP contribution < -0.4 is 9.47 Å². The number of carbonyl (C=O) groups excluding carboxylic acids is 2. The van der Waals surface area contributed by atoms with Crippen molar-refractivity contribution in [2.45, 2.75) is 46.6 Å². The van der Waals surface area contributed by atoms with E-state index >= 15 is 0 Å². The highest BCUT2D eigenvalue weighted by Crippen LogP contribution is 2.68. The molecule has 0 saturated heterocycles. The topological polar surface area (TPSA) is 65.1 Å². The SMILES string of the molecule is CC(=O)COc1ccc(C)cc1.COC(=O)CN(CCOc1ccc(C)cc1)C1CC2(C)CC12. The molecule has 0 spiro atoms. The molecule has 6 nitrogen and oxygen atoms in total. The zero-order chi connectivity index (χ0) is 24.7. The molecular weight excluding hydrogens is 430 g/mol. The van der Waals surface area contributed by atoms with Crippen molar-refractivity contribution < 1.29 is 23.8 Å². The molecule has 0 bridgehead atoms.